The first-order valence-electron chi connectivity index (χ1n) is 7.23. The molecular weight excluding hydrogens is 286 g/mol. The SMILES string of the molecule is CCCN(CC(=O)O)C(=O)[C@H](C)OCc1cccc(OC)c1. The van der Waals surface area contributed by atoms with Crippen molar-refractivity contribution in [1.29, 1.82) is 0 Å². The third-order valence-electron chi connectivity index (χ3n) is 3.11. The molecule has 1 amide bonds. The Balaban J connectivity index is 2.59. The van der Waals surface area contributed by atoms with E-state index in [0.717, 1.165) is 11.3 Å². The van der Waals surface area contributed by atoms with Gasteiger partial charge in [0.25, 0.3) is 5.91 Å². The quantitative estimate of drug-likeness (QED) is 0.754. The molecule has 0 bridgehead atoms. The Morgan fingerprint density at radius 2 is 2.09 bits per heavy atom. The summed E-state index contributed by atoms with van der Waals surface area (Å²) in [6.07, 6.45) is -0.00107. The first kappa shape index (κ1) is 18.0. The molecule has 0 saturated carbocycles. The van der Waals surface area contributed by atoms with Gasteiger partial charge in [0.2, 0.25) is 0 Å². The second-order valence-corrected chi connectivity index (χ2v) is 4.96. The number of hydrogen-bond acceptors (Lipinski definition) is 4. The van der Waals surface area contributed by atoms with E-state index in [1.807, 2.05) is 31.2 Å². The zero-order valence-corrected chi connectivity index (χ0v) is 13.2. The molecule has 1 aromatic carbocycles. The highest BCUT2D eigenvalue weighted by molar-refractivity contribution is 5.84. The van der Waals surface area contributed by atoms with Crippen LogP contribution < -0.4 is 4.74 Å². The van der Waals surface area contributed by atoms with Crippen LogP contribution >= 0.6 is 0 Å². The number of aliphatic carboxylic acids is 1. The Morgan fingerprint density at radius 3 is 2.68 bits per heavy atom. The van der Waals surface area contributed by atoms with Crippen LogP contribution in [0.3, 0.4) is 0 Å². The molecule has 0 aromatic heterocycles. The third-order valence-corrected chi connectivity index (χ3v) is 3.11. The molecule has 6 nitrogen and oxygen atoms in total. The zero-order chi connectivity index (χ0) is 16.5. The summed E-state index contributed by atoms with van der Waals surface area (Å²) in [5, 5.41) is 8.86. The lowest BCUT2D eigenvalue weighted by molar-refractivity contribution is -0.150. The Kier molecular flexibility index (Phi) is 7.39. The van der Waals surface area contributed by atoms with Crippen LogP contribution in [-0.2, 0) is 20.9 Å². The van der Waals surface area contributed by atoms with Crippen molar-refractivity contribution in [3.8, 4) is 5.75 Å². The van der Waals surface area contributed by atoms with Crippen LogP contribution in [0.15, 0.2) is 24.3 Å². The maximum atomic E-state index is 12.2. The number of hydrogen-bond donors (Lipinski definition) is 1. The van der Waals surface area contributed by atoms with Crippen molar-refractivity contribution >= 4 is 11.9 Å². The molecule has 0 spiro atoms. The fourth-order valence-electron chi connectivity index (χ4n) is 2.01. The average Bonchev–Trinajstić information content (AvgIpc) is 2.51. The summed E-state index contributed by atoms with van der Waals surface area (Å²) in [7, 11) is 1.58. The van der Waals surface area contributed by atoms with E-state index in [-0.39, 0.29) is 19.1 Å². The molecule has 0 aliphatic carbocycles. The highest BCUT2D eigenvalue weighted by Crippen LogP contribution is 2.14. The molecule has 122 valence electrons. The number of amides is 1. The lowest BCUT2D eigenvalue weighted by atomic mass is 10.2. The topological polar surface area (TPSA) is 76.1 Å². The largest absolute Gasteiger partial charge is 0.497 e. The molecule has 0 unspecified atom stereocenters. The number of benzene rings is 1. The zero-order valence-electron chi connectivity index (χ0n) is 13.2. The van der Waals surface area contributed by atoms with Gasteiger partial charge in [0.1, 0.15) is 18.4 Å². The van der Waals surface area contributed by atoms with E-state index in [1.165, 1.54) is 4.90 Å². The number of carbonyl (C=O) groups excluding carboxylic acids is 1. The Bertz CT molecular complexity index is 503. The van der Waals surface area contributed by atoms with E-state index in [2.05, 4.69) is 0 Å². The number of nitrogens with zero attached hydrogens (tertiary/aromatic N) is 1. The Hall–Kier alpha value is -2.08. The van der Waals surface area contributed by atoms with E-state index < -0.39 is 12.1 Å². The van der Waals surface area contributed by atoms with Crippen LogP contribution in [-0.4, -0.2) is 48.2 Å². The van der Waals surface area contributed by atoms with Gasteiger partial charge >= 0.3 is 5.97 Å². The van der Waals surface area contributed by atoms with E-state index in [1.54, 1.807) is 14.0 Å². The van der Waals surface area contributed by atoms with Gasteiger partial charge in [0, 0.05) is 6.54 Å². The van der Waals surface area contributed by atoms with Gasteiger partial charge in [-0.3, -0.25) is 9.59 Å². The minimum atomic E-state index is -1.03. The van der Waals surface area contributed by atoms with Crippen molar-refractivity contribution in [3.05, 3.63) is 29.8 Å². The number of methoxy groups -OCH3 is 1. The number of carboxylic acids is 1. The van der Waals surface area contributed by atoms with Crippen molar-refractivity contribution in [2.24, 2.45) is 0 Å². The predicted molar refractivity (Wildman–Crippen MR) is 81.8 cm³/mol. The first-order valence-corrected chi connectivity index (χ1v) is 7.23. The van der Waals surface area contributed by atoms with Gasteiger partial charge in [0.05, 0.1) is 13.7 Å². The fraction of sp³-hybridized carbons (Fsp3) is 0.500. The minimum absolute atomic E-state index is 0.261. The first-order chi connectivity index (χ1) is 10.5. The highest BCUT2D eigenvalue weighted by atomic mass is 16.5. The molecule has 0 aliphatic heterocycles. The number of carboxylic acid groups (broad SMARTS) is 1. The molecule has 6 heteroatoms. The van der Waals surface area contributed by atoms with Crippen molar-refractivity contribution < 1.29 is 24.2 Å². The van der Waals surface area contributed by atoms with Gasteiger partial charge in [-0.25, -0.2) is 0 Å². The van der Waals surface area contributed by atoms with Gasteiger partial charge in [-0.1, -0.05) is 19.1 Å². The lowest BCUT2D eigenvalue weighted by Crippen LogP contribution is -2.42. The van der Waals surface area contributed by atoms with E-state index in [4.69, 9.17) is 14.6 Å². The molecule has 0 fully saturated rings. The second kappa shape index (κ2) is 9.04. The number of ether oxygens (including phenoxy) is 2. The van der Waals surface area contributed by atoms with Gasteiger partial charge < -0.3 is 19.5 Å². The van der Waals surface area contributed by atoms with E-state index in [0.29, 0.717) is 13.0 Å². The van der Waals surface area contributed by atoms with Crippen molar-refractivity contribution in [2.75, 3.05) is 20.2 Å². The van der Waals surface area contributed by atoms with Crippen LogP contribution in [0.5, 0.6) is 5.75 Å². The molecule has 0 saturated heterocycles. The number of rotatable bonds is 9. The molecule has 1 aromatic rings. The van der Waals surface area contributed by atoms with Crippen LogP contribution in [0, 0.1) is 0 Å². The van der Waals surface area contributed by atoms with Crippen LogP contribution in [0.2, 0.25) is 0 Å². The molecule has 0 heterocycles. The molecule has 0 radical (unpaired) electrons. The maximum Gasteiger partial charge on any atom is 0.323 e. The second-order valence-electron chi connectivity index (χ2n) is 4.96. The summed E-state index contributed by atoms with van der Waals surface area (Å²) in [6, 6.07) is 7.38. The van der Waals surface area contributed by atoms with Gasteiger partial charge in [-0.2, -0.15) is 0 Å². The Labute approximate surface area is 130 Å². The maximum absolute atomic E-state index is 12.2. The van der Waals surface area contributed by atoms with Crippen molar-refractivity contribution in [1.82, 2.24) is 4.90 Å². The minimum Gasteiger partial charge on any atom is -0.497 e. The average molecular weight is 309 g/mol. The van der Waals surface area contributed by atoms with Crippen LogP contribution in [0.4, 0.5) is 0 Å². The normalized spacial score (nSPS) is 11.8. The third kappa shape index (κ3) is 5.73. The summed E-state index contributed by atoms with van der Waals surface area (Å²) in [5.74, 6) is -0.618. The molecule has 1 rings (SSSR count). The number of carbonyl (C=O) groups is 2. The van der Waals surface area contributed by atoms with E-state index >= 15 is 0 Å². The van der Waals surface area contributed by atoms with Crippen molar-refractivity contribution in [2.45, 2.75) is 33.0 Å². The summed E-state index contributed by atoms with van der Waals surface area (Å²) in [5.41, 5.74) is 0.888. The molecule has 22 heavy (non-hydrogen) atoms. The lowest BCUT2D eigenvalue weighted by Gasteiger charge is -2.23. The molecular formula is C16H23NO5. The summed E-state index contributed by atoms with van der Waals surface area (Å²) in [4.78, 5) is 24.3. The van der Waals surface area contributed by atoms with Crippen molar-refractivity contribution in [3.63, 3.8) is 0 Å². The summed E-state index contributed by atoms with van der Waals surface area (Å²) in [6.45, 7) is 3.88. The predicted octanol–water partition coefficient (Wildman–Crippen LogP) is 1.92. The van der Waals surface area contributed by atoms with Crippen LogP contribution in [0.25, 0.3) is 0 Å². The van der Waals surface area contributed by atoms with Gasteiger partial charge in [0.15, 0.2) is 0 Å². The standard InChI is InChI=1S/C16H23NO5/c1-4-8-17(10-15(18)19)16(20)12(2)22-11-13-6-5-7-14(9-13)21-3/h5-7,9,12H,4,8,10-11H2,1-3H3,(H,18,19)/t12-/m0/s1. The molecule has 1 N–H and O–H groups in total. The smallest absolute Gasteiger partial charge is 0.323 e. The van der Waals surface area contributed by atoms with Gasteiger partial charge in [-0.15, -0.1) is 0 Å². The highest BCUT2D eigenvalue weighted by Gasteiger charge is 2.22. The fourth-order valence-corrected chi connectivity index (χ4v) is 2.01. The molecule has 0 aliphatic rings. The van der Waals surface area contributed by atoms with Gasteiger partial charge in [-0.05, 0) is 31.0 Å². The summed E-state index contributed by atoms with van der Waals surface area (Å²) < 4.78 is 10.7. The van der Waals surface area contributed by atoms with E-state index in [9.17, 15) is 9.59 Å². The molecule has 1 atom stereocenters. The van der Waals surface area contributed by atoms with Crippen LogP contribution in [0.1, 0.15) is 25.8 Å². The Morgan fingerprint density at radius 1 is 1.36 bits per heavy atom. The summed E-state index contributed by atoms with van der Waals surface area (Å²) >= 11 is 0. The monoisotopic (exact) mass is 309 g/mol.